The van der Waals surface area contributed by atoms with Gasteiger partial charge in [-0.05, 0) is 19.2 Å². The van der Waals surface area contributed by atoms with Gasteiger partial charge in [0.2, 0.25) is 5.91 Å². The Hall–Kier alpha value is -2.44. The highest BCUT2D eigenvalue weighted by Crippen LogP contribution is 2.42. The van der Waals surface area contributed by atoms with Crippen molar-refractivity contribution in [3.8, 4) is 17.9 Å². The molecule has 1 aliphatic heterocycles. The van der Waals surface area contributed by atoms with Gasteiger partial charge in [-0.2, -0.15) is 10.5 Å². The fourth-order valence-corrected chi connectivity index (χ4v) is 3.09. The van der Waals surface area contributed by atoms with Gasteiger partial charge in [0.1, 0.15) is 11.7 Å². The molecule has 0 bridgehead atoms. The van der Waals surface area contributed by atoms with Gasteiger partial charge in [-0.25, -0.2) is 0 Å². The van der Waals surface area contributed by atoms with Gasteiger partial charge in [0.05, 0.1) is 35.3 Å². The second kappa shape index (κ2) is 7.02. The summed E-state index contributed by atoms with van der Waals surface area (Å²) < 4.78 is 5.60. The minimum absolute atomic E-state index is 0.387. The van der Waals surface area contributed by atoms with Crippen molar-refractivity contribution < 1.29 is 9.53 Å². The Morgan fingerprint density at radius 1 is 1.36 bits per heavy atom. The van der Waals surface area contributed by atoms with Crippen molar-refractivity contribution in [1.82, 2.24) is 5.32 Å². The van der Waals surface area contributed by atoms with Crippen LogP contribution in [0.25, 0.3) is 0 Å². The molecule has 2 rings (SSSR count). The van der Waals surface area contributed by atoms with Gasteiger partial charge in [-0.15, -0.1) is 11.8 Å². The molecule has 2 atom stereocenters. The summed E-state index contributed by atoms with van der Waals surface area (Å²) in [5.74, 6) is -1.36. The van der Waals surface area contributed by atoms with E-state index in [1.165, 1.54) is 11.8 Å². The number of allylic oxidation sites excluding steroid dienone is 1. The van der Waals surface area contributed by atoms with Crippen LogP contribution < -0.4 is 10.1 Å². The topological polar surface area (TPSA) is 85.9 Å². The molecule has 0 saturated carbocycles. The summed E-state index contributed by atoms with van der Waals surface area (Å²) in [6.45, 7) is 2.33. The van der Waals surface area contributed by atoms with Crippen molar-refractivity contribution in [2.45, 2.75) is 12.8 Å². The first-order valence-electron chi connectivity index (χ1n) is 6.78. The van der Waals surface area contributed by atoms with E-state index < -0.39 is 11.8 Å². The summed E-state index contributed by atoms with van der Waals surface area (Å²) in [5, 5.41) is 22.1. The number of nitrogens with zero attached hydrogens (tertiary/aromatic N) is 2. The van der Waals surface area contributed by atoms with E-state index in [9.17, 15) is 15.3 Å². The van der Waals surface area contributed by atoms with Crippen LogP contribution in [0.1, 0.15) is 18.4 Å². The molecule has 1 aromatic carbocycles. The number of amides is 1. The van der Waals surface area contributed by atoms with E-state index in [0.29, 0.717) is 28.5 Å². The number of hydrogen-bond acceptors (Lipinski definition) is 5. The van der Waals surface area contributed by atoms with Gasteiger partial charge >= 0.3 is 0 Å². The molecule has 0 spiro atoms. The molecule has 6 heteroatoms. The van der Waals surface area contributed by atoms with E-state index in [-0.39, 0.29) is 5.91 Å². The van der Waals surface area contributed by atoms with E-state index in [2.05, 4.69) is 11.4 Å². The number of nitrogens with one attached hydrogen (secondary N) is 1. The monoisotopic (exact) mass is 313 g/mol. The number of nitriles is 2. The van der Waals surface area contributed by atoms with Crippen molar-refractivity contribution >= 4 is 17.7 Å². The van der Waals surface area contributed by atoms with Crippen LogP contribution in [0.2, 0.25) is 0 Å². The van der Waals surface area contributed by atoms with Crippen molar-refractivity contribution in [1.29, 1.82) is 10.5 Å². The fourth-order valence-electron chi connectivity index (χ4n) is 2.49. The Morgan fingerprint density at radius 2 is 2.09 bits per heavy atom. The van der Waals surface area contributed by atoms with Crippen LogP contribution in [0.15, 0.2) is 34.9 Å². The van der Waals surface area contributed by atoms with Crippen LogP contribution in [0.4, 0.5) is 0 Å². The molecule has 1 heterocycles. The van der Waals surface area contributed by atoms with Crippen molar-refractivity contribution in [2.24, 2.45) is 5.92 Å². The maximum Gasteiger partial charge on any atom is 0.243 e. The molecule has 1 aliphatic rings. The lowest BCUT2D eigenvalue weighted by Gasteiger charge is -2.29. The quantitative estimate of drug-likeness (QED) is 0.923. The molecule has 112 valence electrons. The molecule has 22 heavy (non-hydrogen) atoms. The maximum atomic E-state index is 12.2. The molecule has 0 radical (unpaired) electrons. The standard InChI is InChI=1S/C16H15N3O2S/c1-3-21-13-7-5-4-6-10(13)14-11(8-17)15(20)19-16(22-2)12(14)9-18/h4-7,11,14H,3H2,1-2H3,(H,19,20)/t11-,14-/m1/s1. The highest BCUT2D eigenvalue weighted by Gasteiger charge is 2.40. The number of rotatable bonds is 4. The molecule has 0 aliphatic carbocycles. The molecule has 0 unspecified atom stereocenters. The van der Waals surface area contributed by atoms with E-state index in [0.717, 1.165) is 0 Å². The van der Waals surface area contributed by atoms with Gasteiger partial charge in [-0.3, -0.25) is 4.79 Å². The SMILES string of the molecule is CCOc1ccccc1[C@H]1C(C#N)=C(SC)NC(=O)[C@@H]1C#N. The molecule has 0 saturated heterocycles. The van der Waals surface area contributed by atoms with E-state index in [1.807, 2.05) is 25.1 Å². The number of para-hydroxylation sites is 1. The lowest BCUT2D eigenvalue weighted by atomic mass is 9.79. The Balaban J connectivity index is 2.65. The second-order valence-corrected chi connectivity index (χ2v) is 5.42. The number of hydrogen-bond donors (Lipinski definition) is 1. The fraction of sp³-hybridized carbons (Fsp3) is 0.312. The van der Waals surface area contributed by atoms with Gasteiger partial charge in [0.25, 0.3) is 0 Å². The summed E-state index contributed by atoms with van der Waals surface area (Å²) >= 11 is 1.29. The number of ether oxygens (including phenoxy) is 1. The Bertz CT molecular complexity index is 700. The molecular formula is C16H15N3O2S. The summed E-state index contributed by atoms with van der Waals surface area (Å²) in [4.78, 5) is 12.2. The Morgan fingerprint density at radius 3 is 2.68 bits per heavy atom. The normalized spacial score (nSPS) is 20.8. The first-order valence-corrected chi connectivity index (χ1v) is 8.00. The molecule has 1 N–H and O–H groups in total. The number of carbonyl (C=O) groups excluding carboxylic acids is 1. The number of benzene rings is 1. The van der Waals surface area contributed by atoms with Crippen molar-refractivity contribution in [3.63, 3.8) is 0 Å². The zero-order chi connectivity index (χ0) is 16.1. The zero-order valence-electron chi connectivity index (χ0n) is 12.3. The molecule has 1 amide bonds. The third kappa shape index (κ3) is 2.79. The van der Waals surface area contributed by atoms with Gasteiger partial charge < -0.3 is 10.1 Å². The summed E-state index contributed by atoms with van der Waals surface area (Å²) in [6, 6.07) is 11.4. The summed E-state index contributed by atoms with van der Waals surface area (Å²) in [6.07, 6.45) is 1.78. The maximum absolute atomic E-state index is 12.2. The largest absolute Gasteiger partial charge is 0.494 e. The van der Waals surface area contributed by atoms with E-state index in [1.54, 1.807) is 18.4 Å². The average molecular weight is 313 g/mol. The summed E-state index contributed by atoms with van der Waals surface area (Å²) in [7, 11) is 0. The molecule has 1 aromatic rings. The smallest absolute Gasteiger partial charge is 0.243 e. The van der Waals surface area contributed by atoms with Crippen LogP contribution in [0.3, 0.4) is 0 Å². The lowest BCUT2D eigenvalue weighted by molar-refractivity contribution is -0.123. The third-order valence-corrected chi connectivity index (χ3v) is 4.16. The molecule has 5 nitrogen and oxygen atoms in total. The Kier molecular flexibility index (Phi) is 5.08. The van der Waals surface area contributed by atoms with Crippen LogP contribution in [-0.4, -0.2) is 18.8 Å². The molecule has 0 aromatic heterocycles. The Labute approximate surface area is 133 Å². The van der Waals surface area contributed by atoms with Gasteiger partial charge in [-0.1, -0.05) is 18.2 Å². The van der Waals surface area contributed by atoms with E-state index in [4.69, 9.17) is 4.74 Å². The third-order valence-electron chi connectivity index (χ3n) is 3.43. The minimum Gasteiger partial charge on any atom is -0.494 e. The van der Waals surface area contributed by atoms with Crippen LogP contribution in [-0.2, 0) is 4.79 Å². The van der Waals surface area contributed by atoms with Crippen molar-refractivity contribution in [3.05, 3.63) is 40.4 Å². The van der Waals surface area contributed by atoms with E-state index >= 15 is 0 Å². The minimum atomic E-state index is -0.952. The predicted molar refractivity (Wildman–Crippen MR) is 83.8 cm³/mol. The van der Waals surface area contributed by atoms with Crippen LogP contribution in [0, 0.1) is 28.6 Å². The molecule has 0 fully saturated rings. The first-order chi connectivity index (χ1) is 10.7. The lowest BCUT2D eigenvalue weighted by Crippen LogP contribution is -2.38. The first kappa shape index (κ1) is 15.9. The zero-order valence-corrected chi connectivity index (χ0v) is 13.1. The average Bonchev–Trinajstić information content (AvgIpc) is 2.54. The number of thioether (sulfide) groups is 1. The number of carbonyl (C=O) groups is 1. The highest BCUT2D eigenvalue weighted by atomic mass is 32.2. The highest BCUT2D eigenvalue weighted by molar-refractivity contribution is 8.02. The van der Waals surface area contributed by atoms with Gasteiger partial charge in [0, 0.05) is 5.56 Å². The second-order valence-electron chi connectivity index (χ2n) is 4.60. The summed E-state index contributed by atoms with van der Waals surface area (Å²) in [5.41, 5.74) is 1.08. The van der Waals surface area contributed by atoms with Gasteiger partial charge in [0.15, 0.2) is 0 Å². The predicted octanol–water partition coefficient (Wildman–Crippen LogP) is 2.54. The van der Waals surface area contributed by atoms with Crippen LogP contribution in [0.5, 0.6) is 5.75 Å². The molecular weight excluding hydrogens is 298 g/mol. The van der Waals surface area contributed by atoms with Crippen molar-refractivity contribution in [2.75, 3.05) is 12.9 Å². The van der Waals surface area contributed by atoms with Crippen LogP contribution >= 0.6 is 11.8 Å².